The summed E-state index contributed by atoms with van der Waals surface area (Å²) in [6.45, 7) is 7.30. The van der Waals surface area contributed by atoms with Crippen LogP contribution in [0.4, 0.5) is 0 Å². The molecule has 1 aromatic rings. The fraction of sp³-hybridized carbons (Fsp3) is 0.538. The molecule has 0 saturated carbocycles. The highest BCUT2D eigenvalue weighted by molar-refractivity contribution is 6.35. The van der Waals surface area contributed by atoms with Gasteiger partial charge in [0.25, 0.3) is 0 Å². The van der Waals surface area contributed by atoms with E-state index >= 15 is 0 Å². The topological polar surface area (TPSA) is 30.3 Å². The molecular formula is C13H20Cl2N2O+2. The van der Waals surface area contributed by atoms with E-state index in [1.807, 2.05) is 12.1 Å². The Labute approximate surface area is 118 Å². The predicted molar refractivity (Wildman–Crippen MR) is 73.3 cm³/mol. The van der Waals surface area contributed by atoms with Crippen LogP contribution in [0.1, 0.15) is 5.56 Å². The maximum Gasteiger partial charge on any atom is 0.127 e. The SMILES string of the molecule is Clc1ccc(C[NH2+]CC[NH+]2CCOCC2)c(Cl)c1. The molecule has 0 aromatic heterocycles. The first-order chi connectivity index (χ1) is 8.75. The van der Waals surface area contributed by atoms with Crippen molar-refractivity contribution in [1.29, 1.82) is 0 Å². The molecule has 5 heteroatoms. The van der Waals surface area contributed by atoms with Gasteiger partial charge in [-0.15, -0.1) is 0 Å². The number of halogens is 2. The fourth-order valence-electron chi connectivity index (χ4n) is 2.16. The van der Waals surface area contributed by atoms with Crippen molar-refractivity contribution in [3.8, 4) is 0 Å². The van der Waals surface area contributed by atoms with Crippen LogP contribution in [0.3, 0.4) is 0 Å². The minimum atomic E-state index is 0.696. The lowest BCUT2D eigenvalue weighted by Gasteiger charge is -2.22. The van der Waals surface area contributed by atoms with E-state index in [4.69, 9.17) is 27.9 Å². The number of morpholine rings is 1. The van der Waals surface area contributed by atoms with Crippen molar-refractivity contribution in [2.75, 3.05) is 39.4 Å². The Morgan fingerprint density at radius 1 is 1.22 bits per heavy atom. The van der Waals surface area contributed by atoms with Gasteiger partial charge in [0.05, 0.1) is 18.2 Å². The number of nitrogens with two attached hydrogens (primary N) is 1. The molecule has 0 bridgehead atoms. The van der Waals surface area contributed by atoms with Crippen molar-refractivity contribution in [3.63, 3.8) is 0 Å². The largest absolute Gasteiger partial charge is 0.370 e. The number of benzene rings is 1. The zero-order valence-corrected chi connectivity index (χ0v) is 11.9. The maximum atomic E-state index is 6.13. The Balaban J connectivity index is 1.68. The molecule has 0 radical (unpaired) electrons. The van der Waals surface area contributed by atoms with E-state index in [1.54, 1.807) is 11.0 Å². The summed E-state index contributed by atoms with van der Waals surface area (Å²) in [5, 5.41) is 3.76. The van der Waals surface area contributed by atoms with Gasteiger partial charge in [-0.25, -0.2) is 0 Å². The molecule has 0 spiro atoms. The van der Waals surface area contributed by atoms with Crippen LogP contribution in [0, 0.1) is 0 Å². The van der Waals surface area contributed by atoms with Gasteiger partial charge in [0.15, 0.2) is 0 Å². The third kappa shape index (κ3) is 4.41. The highest BCUT2D eigenvalue weighted by Gasteiger charge is 2.13. The zero-order chi connectivity index (χ0) is 12.8. The number of nitrogens with one attached hydrogen (secondary N) is 1. The molecule has 3 nitrogen and oxygen atoms in total. The second-order valence-electron chi connectivity index (χ2n) is 4.63. The van der Waals surface area contributed by atoms with Crippen molar-refractivity contribution in [3.05, 3.63) is 33.8 Å². The van der Waals surface area contributed by atoms with Gasteiger partial charge >= 0.3 is 0 Å². The minimum Gasteiger partial charge on any atom is -0.370 e. The van der Waals surface area contributed by atoms with Crippen molar-refractivity contribution in [1.82, 2.24) is 0 Å². The molecule has 1 fully saturated rings. The van der Waals surface area contributed by atoms with Crippen molar-refractivity contribution in [2.24, 2.45) is 0 Å². The molecule has 1 aliphatic heterocycles. The quantitative estimate of drug-likeness (QED) is 0.733. The Morgan fingerprint density at radius 3 is 2.72 bits per heavy atom. The average molecular weight is 291 g/mol. The van der Waals surface area contributed by atoms with E-state index in [0.717, 1.165) is 50.0 Å². The van der Waals surface area contributed by atoms with Gasteiger partial charge in [-0.3, -0.25) is 0 Å². The molecule has 100 valence electrons. The van der Waals surface area contributed by atoms with Gasteiger partial charge in [0, 0.05) is 10.6 Å². The molecule has 18 heavy (non-hydrogen) atoms. The lowest BCUT2D eigenvalue weighted by Crippen LogP contribution is -3.16. The Hall–Kier alpha value is -0.320. The summed E-state index contributed by atoms with van der Waals surface area (Å²) >= 11 is 12.0. The summed E-state index contributed by atoms with van der Waals surface area (Å²) in [4.78, 5) is 1.64. The molecule has 1 saturated heterocycles. The van der Waals surface area contributed by atoms with Crippen LogP contribution in [-0.4, -0.2) is 39.4 Å². The molecule has 1 aromatic carbocycles. The summed E-state index contributed by atoms with van der Waals surface area (Å²) < 4.78 is 5.34. The van der Waals surface area contributed by atoms with Gasteiger partial charge < -0.3 is 15.0 Å². The lowest BCUT2D eigenvalue weighted by atomic mass is 10.2. The average Bonchev–Trinajstić information content (AvgIpc) is 2.38. The number of hydrogen-bond donors (Lipinski definition) is 2. The molecule has 0 unspecified atom stereocenters. The van der Waals surface area contributed by atoms with Gasteiger partial charge in [0.2, 0.25) is 0 Å². The molecule has 1 aliphatic rings. The minimum absolute atomic E-state index is 0.696. The van der Waals surface area contributed by atoms with E-state index < -0.39 is 0 Å². The number of rotatable bonds is 5. The summed E-state index contributed by atoms with van der Waals surface area (Å²) in [5.74, 6) is 0. The normalized spacial score (nSPS) is 17.0. The highest BCUT2D eigenvalue weighted by Crippen LogP contribution is 2.19. The van der Waals surface area contributed by atoms with Gasteiger partial charge in [-0.05, 0) is 12.1 Å². The smallest absolute Gasteiger partial charge is 0.127 e. The maximum absolute atomic E-state index is 6.13. The van der Waals surface area contributed by atoms with E-state index in [9.17, 15) is 0 Å². The first-order valence-electron chi connectivity index (χ1n) is 6.42. The van der Waals surface area contributed by atoms with Crippen LogP contribution in [0.15, 0.2) is 18.2 Å². The standard InChI is InChI=1S/C13H18Cl2N2O/c14-12-2-1-11(13(15)9-12)10-16-3-4-17-5-7-18-8-6-17/h1-2,9,16H,3-8,10H2/p+2. The molecule has 3 N–H and O–H groups in total. The van der Waals surface area contributed by atoms with E-state index in [1.165, 1.54) is 6.54 Å². The van der Waals surface area contributed by atoms with E-state index in [2.05, 4.69) is 5.32 Å². The van der Waals surface area contributed by atoms with Crippen molar-refractivity contribution < 1.29 is 15.0 Å². The van der Waals surface area contributed by atoms with Gasteiger partial charge in [-0.2, -0.15) is 0 Å². The highest BCUT2D eigenvalue weighted by atomic mass is 35.5. The summed E-state index contributed by atoms with van der Waals surface area (Å²) in [6, 6.07) is 5.70. The Bertz CT molecular complexity index is 381. The van der Waals surface area contributed by atoms with Crippen molar-refractivity contribution in [2.45, 2.75) is 6.54 Å². The van der Waals surface area contributed by atoms with Crippen molar-refractivity contribution >= 4 is 23.2 Å². The molecule has 0 atom stereocenters. The van der Waals surface area contributed by atoms with Gasteiger partial charge in [-0.1, -0.05) is 29.3 Å². The number of hydrogen-bond acceptors (Lipinski definition) is 1. The van der Waals surface area contributed by atoms with E-state index in [-0.39, 0.29) is 0 Å². The monoisotopic (exact) mass is 290 g/mol. The summed E-state index contributed by atoms with van der Waals surface area (Å²) in [7, 11) is 0. The summed E-state index contributed by atoms with van der Waals surface area (Å²) in [6.07, 6.45) is 0. The van der Waals surface area contributed by atoms with Crippen LogP contribution in [0.5, 0.6) is 0 Å². The Morgan fingerprint density at radius 2 is 2.00 bits per heavy atom. The van der Waals surface area contributed by atoms with Crippen LogP contribution in [0.2, 0.25) is 10.0 Å². The molecule has 0 aliphatic carbocycles. The first-order valence-corrected chi connectivity index (χ1v) is 7.18. The van der Waals surface area contributed by atoms with E-state index in [0.29, 0.717) is 5.02 Å². The van der Waals surface area contributed by atoms with Crippen LogP contribution < -0.4 is 10.2 Å². The van der Waals surface area contributed by atoms with Crippen LogP contribution in [0.25, 0.3) is 0 Å². The van der Waals surface area contributed by atoms with Crippen LogP contribution >= 0.6 is 23.2 Å². The molecule has 2 rings (SSSR count). The summed E-state index contributed by atoms with van der Waals surface area (Å²) in [5.41, 5.74) is 1.15. The Kier molecular flexibility index (Phi) is 5.73. The second kappa shape index (κ2) is 7.31. The van der Waals surface area contributed by atoms with Crippen LogP contribution in [-0.2, 0) is 11.3 Å². The lowest BCUT2D eigenvalue weighted by molar-refractivity contribution is -0.920. The number of ether oxygens (including phenoxy) is 1. The predicted octanol–water partition coefficient (Wildman–Crippen LogP) is -0.0281. The zero-order valence-electron chi connectivity index (χ0n) is 10.4. The molecular weight excluding hydrogens is 271 g/mol. The number of quaternary nitrogens is 2. The van der Waals surface area contributed by atoms with Gasteiger partial charge in [0.1, 0.15) is 32.7 Å². The second-order valence-corrected chi connectivity index (χ2v) is 5.47. The third-order valence-corrected chi connectivity index (χ3v) is 3.87. The first kappa shape index (κ1) is 14.1. The molecule has 1 heterocycles. The third-order valence-electron chi connectivity index (χ3n) is 3.28. The molecule has 0 amide bonds. The fourth-order valence-corrected chi connectivity index (χ4v) is 2.65.